The maximum absolute atomic E-state index is 4.31. The second-order valence-electron chi connectivity index (χ2n) is 3.12. The first kappa shape index (κ1) is 9.64. The molecular weight excluding hydrogens is 190 g/mol. The quantitative estimate of drug-likeness (QED) is 0.817. The second kappa shape index (κ2) is 4.08. The Bertz CT molecular complexity index is 449. The highest BCUT2D eigenvalue weighted by molar-refractivity contribution is 5.67. The van der Waals surface area contributed by atoms with E-state index in [-0.39, 0.29) is 0 Å². The van der Waals surface area contributed by atoms with Gasteiger partial charge in [0.05, 0.1) is 5.69 Å². The van der Waals surface area contributed by atoms with E-state index in [1.807, 2.05) is 20.0 Å². The van der Waals surface area contributed by atoms with Crippen molar-refractivity contribution >= 4 is 5.82 Å². The molecule has 0 spiro atoms. The molecule has 5 heteroatoms. The Hall–Kier alpha value is -1.91. The van der Waals surface area contributed by atoms with Gasteiger partial charge in [-0.3, -0.25) is 4.68 Å². The van der Waals surface area contributed by atoms with Crippen molar-refractivity contribution < 1.29 is 0 Å². The first-order valence-corrected chi connectivity index (χ1v) is 4.86. The lowest BCUT2D eigenvalue weighted by atomic mass is 10.3. The normalized spacial score (nSPS) is 10.3. The molecule has 78 valence electrons. The highest BCUT2D eigenvalue weighted by Gasteiger charge is 2.09. The van der Waals surface area contributed by atoms with Crippen molar-refractivity contribution in [2.24, 2.45) is 7.05 Å². The zero-order valence-corrected chi connectivity index (χ0v) is 8.81. The molecule has 1 N–H and O–H groups in total. The number of hydrogen-bond acceptors (Lipinski definition) is 4. The van der Waals surface area contributed by atoms with Crippen LogP contribution in [-0.4, -0.2) is 26.3 Å². The third-order valence-electron chi connectivity index (χ3n) is 2.11. The van der Waals surface area contributed by atoms with Gasteiger partial charge in [-0.1, -0.05) is 0 Å². The summed E-state index contributed by atoms with van der Waals surface area (Å²) in [5, 5.41) is 7.29. The number of anilines is 1. The van der Waals surface area contributed by atoms with Crippen LogP contribution in [0, 0.1) is 0 Å². The third kappa shape index (κ3) is 1.81. The molecule has 0 saturated heterocycles. The summed E-state index contributed by atoms with van der Waals surface area (Å²) in [6, 6.07) is 1.92. The molecule has 2 rings (SSSR count). The summed E-state index contributed by atoms with van der Waals surface area (Å²) in [6.07, 6.45) is 5.11. The molecule has 0 radical (unpaired) electrons. The molecule has 5 nitrogen and oxygen atoms in total. The standard InChI is InChI=1S/C10H13N5/c1-3-11-10-9(12-6-7-13-10)8-4-5-14-15(8)2/h4-7H,3H2,1-2H3,(H,11,13). The molecule has 0 bridgehead atoms. The smallest absolute Gasteiger partial charge is 0.154 e. The fourth-order valence-electron chi connectivity index (χ4n) is 1.43. The van der Waals surface area contributed by atoms with Crippen molar-refractivity contribution in [3.8, 4) is 11.4 Å². The monoisotopic (exact) mass is 203 g/mol. The van der Waals surface area contributed by atoms with Gasteiger partial charge in [0.2, 0.25) is 0 Å². The lowest BCUT2D eigenvalue weighted by molar-refractivity contribution is 0.773. The summed E-state index contributed by atoms with van der Waals surface area (Å²) in [4.78, 5) is 8.57. The lowest BCUT2D eigenvalue weighted by Gasteiger charge is -2.07. The molecule has 0 atom stereocenters. The molecule has 15 heavy (non-hydrogen) atoms. The van der Waals surface area contributed by atoms with Crippen LogP contribution in [-0.2, 0) is 7.05 Å². The van der Waals surface area contributed by atoms with Gasteiger partial charge in [0, 0.05) is 32.2 Å². The molecule has 0 aliphatic rings. The fourth-order valence-corrected chi connectivity index (χ4v) is 1.43. The van der Waals surface area contributed by atoms with Gasteiger partial charge in [0.15, 0.2) is 5.82 Å². The summed E-state index contributed by atoms with van der Waals surface area (Å²) in [5.74, 6) is 0.795. The highest BCUT2D eigenvalue weighted by atomic mass is 15.3. The first-order chi connectivity index (χ1) is 7.33. The predicted molar refractivity (Wildman–Crippen MR) is 58.4 cm³/mol. The summed E-state index contributed by atoms with van der Waals surface area (Å²) >= 11 is 0. The average molecular weight is 203 g/mol. The molecule has 2 aromatic rings. The fraction of sp³-hybridized carbons (Fsp3) is 0.300. The topological polar surface area (TPSA) is 55.6 Å². The van der Waals surface area contributed by atoms with Gasteiger partial charge >= 0.3 is 0 Å². The summed E-state index contributed by atoms with van der Waals surface area (Å²) in [6.45, 7) is 2.85. The average Bonchev–Trinajstić information content (AvgIpc) is 2.66. The van der Waals surface area contributed by atoms with E-state index in [0.29, 0.717) is 0 Å². The van der Waals surface area contributed by atoms with E-state index < -0.39 is 0 Å². The Labute approximate surface area is 88.2 Å². The van der Waals surface area contributed by atoms with E-state index in [9.17, 15) is 0 Å². The van der Waals surface area contributed by atoms with Gasteiger partial charge in [-0.15, -0.1) is 0 Å². The van der Waals surface area contributed by atoms with Crippen LogP contribution < -0.4 is 5.32 Å². The maximum atomic E-state index is 4.31. The Balaban J connectivity index is 2.48. The van der Waals surface area contributed by atoms with Crippen molar-refractivity contribution in [3.05, 3.63) is 24.7 Å². The van der Waals surface area contributed by atoms with E-state index in [0.717, 1.165) is 23.8 Å². The Morgan fingerprint density at radius 3 is 2.73 bits per heavy atom. The molecule has 0 fully saturated rings. The van der Waals surface area contributed by atoms with Crippen molar-refractivity contribution in [3.63, 3.8) is 0 Å². The van der Waals surface area contributed by atoms with Gasteiger partial charge < -0.3 is 5.32 Å². The van der Waals surface area contributed by atoms with Gasteiger partial charge in [0.25, 0.3) is 0 Å². The van der Waals surface area contributed by atoms with E-state index >= 15 is 0 Å². The SMILES string of the molecule is CCNc1nccnc1-c1ccnn1C. The number of nitrogens with one attached hydrogen (secondary N) is 1. The van der Waals surface area contributed by atoms with Crippen LogP contribution in [0.25, 0.3) is 11.4 Å². The Morgan fingerprint density at radius 2 is 2.07 bits per heavy atom. The molecule has 0 aromatic carbocycles. The number of aryl methyl sites for hydroxylation is 1. The minimum atomic E-state index is 0.795. The van der Waals surface area contributed by atoms with Crippen molar-refractivity contribution in [1.29, 1.82) is 0 Å². The molecule has 0 aliphatic carbocycles. The molecule has 0 aliphatic heterocycles. The van der Waals surface area contributed by atoms with Crippen LogP contribution in [0.1, 0.15) is 6.92 Å². The van der Waals surface area contributed by atoms with Gasteiger partial charge in [-0.25, -0.2) is 9.97 Å². The van der Waals surface area contributed by atoms with Crippen LogP contribution >= 0.6 is 0 Å². The Kier molecular flexibility index (Phi) is 2.62. The van der Waals surface area contributed by atoms with E-state index in [1.54, 1.807) is 23.3 Å². The van der Waals surface area contributed by atoms with Crippen LogP contribution in [0.15, 0.2) is 24.7 Å². The summed E-state index contributed by atoms with van der Waals surface area (Å²) < 4.78 is 1.78. The van der Waals surface area contributed by atoms with Crippen LogP contribution in [0.3, 0.4) is 0 Å². The van der Waals surface area contributed by atoms with Crippen LogP contribution in [0.5, 0.6) is 0 Å². The number of rotatable bonds is 3. The first-order valence-electron chi connectivity index (χ1n) is 4.86. The zero-order valence-electron chi connectivity index (χ0n) is 8.81. The van der Waals surface area contributed by atoms with Crippen molar-refractivity contribution in [2.75, 3.05) is 11.9 Å². The summed E-state index contributed by atoms with van der Waals surface area (Å²) in [7, 11) is 1.89. The third-order valence-corrected chi connectivity index (χ3v) is 2.11. The Morgan fingerprint density at radius 1 is 1.27 bits per heavy atom. The van der Waals surface area contributed by atoms with Gasteiger partial charge in [-0.2, -0.15) is 5.10 Å². The minimum absolute atomic E-state index is 0.795. The van der Waals surface area contributed by atoms with Crippen LogP contribution in [0.4, 0.5) is 5.82 Å². The second-order valence-corrected chi connectivity index (χ2v) is 3.12. The zero-order chi connectivity index (χ0) is 10.7. The van der Waals surface area contributed by atoms with Gasteiger partial charge in [-0.05, 0) is 13.0 Å². The highest BCUT2D eigenvalue weighted by Crippen LogP contribution is 2.21. The van der Waals surface area contributed by atoms with Crippen molar-refractivity contribution in [1.82, 2.24) is 19.7 Å². The number of aromatic nitrogens is 4. The van der Waals surface area contributed by atoms with Gasteiger partial charge in [0.1, 0.15) is 5.69 Å². The molecular formula is C10H13N5. The number of nitrogens with zero attached hydrogens (tertiary/aromatic N) is 4. The van der Waals surface area contributed by atoms with E-state index in [1.165, 1.54) is 0 Å². The summed E-state index contributed by atoms with van der Waals surface area (Å²) in [5.41, 5.74) is 1.79. The van der Waals surface area contributed by atoms with E-state index in [2.05, 4.69) is 20.4 Å². The molecule has 2 heterocycles. The largest absolute Gasteiger partial charge is 0.368 e. The van der Waals surface area contributed by atoms with E-state index in [4.69, 9.17) is 0 Å². The maximum Gasteiger partial charge on any atom is 0.154 e. The van der Waals surface area contributed by atoms with Crippen LogP contribution in [0.2, 0.25) is 0 Å². The molecule has 2 aromatic heterocycles. The molecule has 0 saturated carbocycles. The molecule has 0 unspecified atom stereocenters. The molecule has 0 amide bonds. The lowest BCUT2D eigenvalue weighted by Crippen LogP contribution is -2.04. The minimum Gasteiger partial charge on any atom is -0.368 e. The number of hydrogen-bond donors (Lipinski definition) is 1. The predicted octanol–water partition coefficient (Wildman–Crippen LogP) is 1.31. The van der Waals surface area contributed by atoms with Crippen molar-refractivity contribution in [2.45, 2.75) is 6.92 Å².